The second-order valence-corrected chi connectivity index (χ2v) is 8.63. The molecule has 0 aromatic heterocycles. The molecule has 0 bridgehead atoms. The third-order valence-electron chi connectivity index (χ3n) is 4.08. The molecule has 1 aliphatic heterocycles. The molecule has 0 spiro atoms. The zero-order chi connectivity index (χ0) is 15.5. The van der Waals surface area contributed by atoms with Crippen LogP contribution in [0, 0.1) is 11.8 Å². The minimum absolute atomic E-state index is 0.135. The Labute approximate surface area is 125 Å². The maximum Gasteiger partial charge on any atom is 0.407 e. The standard InChI is InChI=1S/C14H28N2O3S/c1-6-11-9-16(13(17)18)8-7-12(11)10(2)15-20(19)14(3,4)5/h10-12,15H,6-9H2,1-5H3,(H,17,18)/t10-,11+,12+,20+/m0/s1. The van der Waals surface area contributed by atoms with E-state index in [0.717, 1.165) is 12.8 Å². The molecule has 0 aromatic rings. The van der Waals surface area contributed by atoms with Crippen molar-refractivity contribution in [3.05, 3.63) is 0 Å². The van der Waals surface area contributed by atoms with Crippen LogP contribution in [0.4, 0.5) is 4.79 Å². The summed E-state index contributed by atoms with van der Waals surface area (Å²) in [6.07, 6.45) is 0.948. The van der Waals surface area contributed by atoms with Crippen LogP contribution in [0.5, 0.6) is 0 Å². The topological polar surface area (TPSA) is 75.6 Å². The van der Waals surface area contributed by atoms with Crippen LogP contribution in [0.1, 0.15) is 47.5 Å². The van der Waals surface area contributed by atoms with Crippen LogP contribution >= 0.6 is 0 Å². The van der Waals surface area contributed by atoms with Crippen molar-refractivity contribution in [1.82, 2.24) is 9.62 Å². The number of carboxylic acid groups (broad SMARTS) is 1. The minimum atomic E-state index is -1.08. The second-order valence-electron chi connectivity index (χ2n) is 6.64. The molecular formula is C14H28N2O3S. The van der Waals surface area contributed by atoms with Gasteiger partial charge in [0.25, 0.3) is 0 Å². The Kier molecular flexibility index (Phi) is 6.16. The molecule has 0 radical (unpaired) electrons. The molecule has 1 fully saturated rings. The predicted molar refractivity (Wildman–Crippen MR) is 82.0 cm³/mol. The fraction of sp³-hybridized carbons (Fsp3) is 0.929. The molecule has 1 saturated heterocycles. The largest absolute Gasteiger partial charge is 0.598 e. The Hall–Kier alpha value is -0.460. The second kappa shape index (κ2) is 7.00. The van der Waals surface area contributed by atoms with Gasteiger partial charge in [-0.1, -0.05) is 13.3 Å². The van der Waals surface area contributed by atoms with Crippen LogP contribution in [-0.2, 0) is 11.4 Å². The molecule has 20 heavy (non-hydrogen) atoms. The highest BCUT2D eigenvalue weighted by Gasteiger charge is 2.37. The van der Waals surface area contributed by atoms with Gasteiger partial charge in [0, 0.05) is 24.5 Å². The van der Waals surface area contributed by atoms with Gasteiger partial charge in [-0.3, -0.25) is 0 Å². The summed E-state index contributed by atoms with van der Waals surface area (Å²) in [5, 5.41) is 9.09. The van der Waals surface area contributed by atoms with E-state index in [1.54, 1.807) is 0 Å². The maximum atomic E-state index is 12.2. The van der Waals surface area contributed by atoms with Gasteiger partial charge in [0.15, 0.2) is 0 Å². The quantitative estimate of drug-likeness (QED) is 0.782. The lowest BCUT2D eigenvalue weighted by atomic mass is 9.80. The van der Waals surface area contributed by atoms with Gasteiger partial charge >= 0.3 is 6.09 Å². The van der Waals surface area contributed by atoms with Gasteiger partial charge in [-0.15, -0.1) is 4.72 Å². The molecule has 1 aliphatic rings. The fourth-order valence-corrected chi connectivity index (χ4v) is 3.61. The number of hydrogen-bond acceptors (Lipinski definition) is 3. The molecule has 1 amide bonds. The highest BCUT2D eigenvalue weighted by atomic mass is 32.2. The van der Waals surface area contributed by atoms with Gasteiger partial charge in [-0.2, -0.15) is 0 Å². The number of carbonyl (C=O) groups is 1. The van der Waals surface area contributed by atoms with E-state index in [1.807, 2.05) is 20.8 Å². The van der Waals surface area contributed by atoms with Crippen LogP contribution in [-0.4, -0.2) is 44.5 Å². The number of hydrogen-bond donors (Lipinski definition) is 2. The summed E-state index contributed by atoms with van der Waals surface area (Å²) < 4.78 is 15.1. The van der Waals surface area contributed by atoms with E-state index < -0.39 is 17.5 Å². The Morgan fingerprint density at radius 2 is 2.15 bits per heavy atom. The number of nitrogens with zero attached hydrogens (tertiary/aromatic N) is 1. The third-order valence-corrected chi connectivity index (χ3v) is 5.78. The molecule has 2 N–H and O–H groups in total. The van der Waals surface area contributed by atoms with Gasteiger partial charge in [0.05, 0.1) is 6.04 Å². The summed E-state index contributed by atoms with van der Waals surface area (Å²) in [6.45, 7) is 11.2. The lowest BCUT2D eigenvalue weighted by molar-refractivity contribution is 0.0858. The van der Waals surface area contributed by atoms with Crippen molar-refractivity contribution in [1.29, 1.82) is 0 Å². The van der Waals surface area contributed by atoms with E-state index in [4.69, 9.17) is 5.11 Å². The van der Waals surface area contributed by atoms with Crippen molar-refractivity contribution in [2.45, 2.75) is 58.2 Å². The molecule has 0 aliphatic carbocycles. The molecule has 0 unspecified atom stereocenters. The number of amides is 1. The highest BCUT2D eigenvalue weighted by Crippen LogP contribution is 2.30. The molecule has 0 aromatic carbocycles. The van der Waals surface area contributed by atoms with Crippen LogP contribution in [0.3, 0.4) is 0 Å². The van der Waals surface area contributed by atoms with Crippen molar-refractivity contribution >= 4 is 17.5 Å². The Morgan fingerprint density at radius 3 is 2.60 bits per heavy atom. The van der Waals surface area contributed by atoms with Gasteiger partial charge in [-0.05, 0) is 46.0 Å². The number of rotatable bonds is 4. The first-order valence-electron chi connectivity index (χ1n) is 7.32. The monoisotopic (exact) mass is 304 g/mol. The Morgan fingerprint density at radius 1 is 1.55 bits per heavy atom. The van der Waals surface area contributed by atoms with E-state index >= 15 is 0 Å². The van der Waals surface area contributed by atoms with Gasteiger partial charge < -0.3 is 14.6 Å². The Bertz CT molecular complexity index is 333. The van der Waals surface area contributed by atoms with E-state index in [0.29, 0.717) is 24.9 Å². The zero-order valence-electron chi connectivity index (χ0n) is 13.2. The van der Waals surface area contributed by atoms with Gasteiger partial charge in [0.1, 0.15) is 4.75 Å². The molecule has 4 atom stereocenters. The highest BCUT2D eigenvalue weighted by molar-refractivity contribution is 7.90. The average molecular weight is 304 g/mol. The normalized spacial score (nSPS) is 27.2. The van der Waals surface area contributed by atoms with E-state index in [2.05, 4.69) is 18.6 Å². The summed E-state index contributed by atoms with van der Waals surface area (Å²) in [4.78, 5) is 12.6. The van der Waals surface area contributed by atoms with Crippen LogP contribution in [0.25, 0.3) is 0 Å². The Balaban J connectivity index is 2.63. The average Bonchev–Trinajstić information content (AvgIpc) is 2.36. The van der Waals surface area contributed by atoms with Gasteiger partial charge in [0.2, 0.25) is 0 Å². The molecule has 0 saturated carbocycles. The summed E-state index contributed by atoms with van der Waals surface area (Å²) in [7, 11) is 0. The summed E-state index contributed by atoms with van der Waals surface area (Å²) >= 11 is -1.08. The summed E-state index contributed by atoms with van der Waals surface area (Å²) in [5.41, 5.74) is 0. The smallest absolute Gasteiger partial charge is 0.407 e. The number of piperidine rings is 1. The number of nitrogens with one attached hydrogen (secondary N) is 1. The van der Waals surface area contributed by atoms with E-state index in [9.17, 15) is 9.35 Å². The zero-order valence-corrected chi connectivity index (χ0v) is 14.0. The van der Waals surface area contributed by atoms with Crippen molar-refractivity contribution in [3.63, 3.8) is 0 Å². The van der Waals surface area contributed by atoms with Crippen LogP contribution in [0.15, 0.2) is 0 Å². The molecular weight excluding hydrogens is 276 g/mol. The minimum Gasteiger partial charge on any atom is -0.598 e. The third kappa shape index (κ3) is 4.53. The van der Waals surface area contributed by atoms with Crippen molar-refractivity contribution in [2.75, 3.05) is 13.1 Å². The SMILES string of the molecule is CC[C@@H]1CN(C(=O)O)CC[C@@H]1[C@H](C)N[S@+]([O-])C(C)(C)C. The first-order valence-corrected chi connectivity index (χ1v) is 8.47. The van der Waals surface area contributed by atoms with Crippen molar-refractivity contribution < 1.29 is 14.5 Å². The maximum absolute atomic E-state index is 12.2. The van der Waals surface area contributed by atoms with Gasteiger partial charge in [-0.25, -0.2) is 4.79 Å². The predicted octanol–water partition coefficient (Wildman–Crippen LogP) is 2.45. The molecule has 5 nitrogen and oxygen atoms in total. The van der Waals surface area contributed by atoms with Crippen molar-refractivity contribution in [2.24, 2.45) is 11.8 Å². The molecule has 118 valence electrons. The fourth-order valence-electron chi connectivity index (χ4n) is 2.75. The molecule has 1 heterocycles. The van der Waals surface area contributed by atoms with E-state index in [1.165, 1.54) is 4.90 Å². The first-order chi connectivity index (χ1) is 9.16. The lowest BCUT2D eigenvalue weighted by Crippen LogP contribution is -2.52. The molecule has 1 rings (SSSR count). The van der Waals surface area contributed by atoms with Crippen LogP contribution in [0.2, 0.25) is 0 Å². The molecule has 6 heteroatoms. The van der Waals surface area contributed by atoms with Crippen molar-refractivity contribution in [3.8, 4) is 0 Å². The van der Waals surface area contributed by atoms with Crippen LogP contribution < -0.4 is 4.72 Å². The van der Waals surface area contributed by atoms with E-state index in [-0.39, 0.29) is 10.8 Å². The first kappa shape index (κ1) is 17.6. The summed E-state index contributed by atoms with van der Waals surface area (Å²) in [5.74, 6) is 0.709. The lowest BCUT2D eigenvalue weighted by Gasteiger charge is -2.40. The number of likely N-dealkylation sites (tertiary alicyclic amines) is 1. The summed E-state index contributed by atoms with van der Waals surface area (Å²) in [6, 6.07) is 0.135.